The standard InChI is InChI=1S/C24H26O2/c1-20(25)12-11-19-26-24(21-13-5-2-6-14-21,22-15-7-3-8-16-22)23-17-9-4-10-18-23/h2-10,13-18,20,25H,11-12,19H2,1H3. The molecule has 0 aliphatic rings. The second-order valence-electron chi connectivity index (χ2n) is 6.62. The van der Waals surface area contributed by atoms with E-state index in [4.69, 9.17) is 4.74 Å². The lowest BCUT2D eigenvalue weighted by atomic mass is 9.80. The smallest absolute Gasteiger partial charge is 0.143 e. The highest BCUT2D eigenvalue weighted by Crippen LogP contribution is 2.40. The Hall–Kier alpha value is -2.42. The van der Waals surface area contributed by atoms with Crippen LogP contribution in [-0.2, 0) is 10.3 Å². The third-order valence-electron chi connectivity index (χ3n) is 4.63. The van der Waals surface area contributed by atoms with Gasteiger partial charge in [-0.1, -0.05) is 91.0 Å². The highest BCUT2D eigenvalue weighted by atomic mass is 16.5. The molecule has 2 heteroatoms. The van der Waals surface area contributed by atoms with E-state index in [2.05, 4.69) is 72.8 Å². The third kappa shape index (κ3) is 4.04. The minimum absolute atomic E-state index is 0.307. The van der Waals surface area contributed by atoms with Gasteiger partial charge in [-0.25, -0.2) is 0 Å². The summed E-state index contributed by atoms with van der Waals surface area (Å²) in [5, 5.41) is 9.58. The van der Waals surface area contributed by atoms with Crippen LogP contribution in [0, 0.1) is 0 Å². The second-order valence-corrected chi connectivity index (χ2v) is 6.62. The van der Waals surface area contributed by atoms with Gasteiger partial charge >= 0.3 is 0 Å². The van der Waals surface area contributed by atoms with Gasteiger partial charge in [0.1, 0.15) is 5.60 Å². The Morgan fingerprint density at radius 1 is 0.731 bits per heavy atom. The van der Waals surface area contributed by atoms with Gasteiger partial charge in [0, 0.05) is 6.61 Å². The molecule has 0 bridgehead atoms. The zero-order valence-electron chi connectivity index (χ0n) is 15.2. The van der Waals surface area contributed by atoms with Crippen molar-refractivity contribution in [3.63, 3.8) is 0 Å². The van der Waals surface area contributed by atoms with Crippen molar-refractivity contribution < 1.29 is 9.84 Å². The maximum atomic E-state index is 9.58. The van der Waals surface area contributed by atoms with Gasteiger partial charge in [-0.3, -0.25) is 0 Å². The van der Waals surface area contributed by atoms with E-state index in [-0.39, 0.29) is 6.10 Å². The van der Waals surface area contributed by atoms with Gasteiger partial charge in [0.25, 0.3) is 0 Å². The predicted octanol–water partition coefficient (Wildman–Crippen LogP) is 5.16. The molecule has 2 nitrogen and oxygen atoms in total. The average Bonchev–Trinajstić information content (AvgIpc) is 2.70. The van der Waals surface area contributed by atoms with Crippen LogP contribution in [0.5, 0.6) is 0 Å². The largest absolute Gasteiger partial charge is 0.393 e. The molecule has 0 heterocycles. The van der Waals surface area contributed by atoms with Crippen LogP contribution in [-0.4, -0.2) is 17.8 Å². The van der Waals surface area contributed by atoms with Crippen LogP contribution in [0.25, 0.3) is 0 Å². The van der Waals surface area contributed by atoms with E-state index in [0.717, 1.165) is 29.5 Å². The number of rotatable bonds is 8. The van der Waals surface area contributed by atoms with Gasteiger partial charge in [-0.05, 0) is 36.5 Å². The fourth-order valence-electron chi connectivity index (χ4n) is 3.37. The Labute approximate surface area is 156 Å². The van der Waals surface area contributed by atoms with Gasteiger partial charge in [0.15, 0.2) is 0 Å². The van der Waals surface area contributed by atoms with Crippen LogP contribution in [0.2, 0.25) is 0 Å². The number of ether oxygens (including phenoxy) is 1. The number of hydrogen-bond donors (Lipinski definition) is 1. The minimum atomic E-state index is -0.664. The van der Waals surface area contributed by atoms with Gasteiger partial charge in [-0.15, -0.1) is 0 Å². The van der Waals surface area contributed by atoms with Crippen molar-refractivity contribution in [2.45, 2.75) is 31.5 Å². The maximum absolute atomic E-state index is 9.58. The number of aliphatic hydroxyl groups is 1. The van der Waals surface area contributed by atoms with Crippen molar-refractivity contribution in [3.8, 4) is 0 Å². The Bertz CT molecular complexity index is 670. The van der Waals surface area contributed by atoms with E-state index in [0.29, 0.717) is 6.61 Å². The summed E-state index contributed by atoms with van der Waals surface area (Å²) in [6.07, 6.45) is 1.23. The summed E-state index contributed by atoms with van der Waals surface area (Å²) in [4.78, 5) is 0. The molecule has 1 atom stereocenters. The van der Waals surface area contributed by atoms with Crippen molar-refractivity contribution >= 4 is 0 Å². The van der Waals surface area contributed by atoms with Crippen LogP contribution in [0.4, 0.5) is 0 Å². The Balaban J connectivity index is 2.09. The molecule has 0 radical (unpaired) electrons. The maximum Gasteiger partial charge on any atom is 0.143 e. The topological polar surface area (TPSA) is 29.5 Å². The third-order valence-corrected chi connectivity index (χ3v) is 4.63. The lowest BCUT2D eigenvalue weighted by molar-refractivity contribution is 0.00672. The highest BCUT2D eigenvalue weighted by molar-refractivity contribution is 5.47. The van der Waals surface area contributed by atoms with Gasteiger partial charge < -0.3 is 9.84 Å². The van der Waals surface area contributed by atoms with E-state index in [1.165, 1.54) is 0 Å². The number of hydrogen-bond acceptors (Lipinski definition) is 2. The molecule has 0 aliphatic heterocycles. The summed E-state index contributed by atoms with van der Waals surface area (Å²) in [6.45, 7) is 2.39. The van der Waals surface area contributed by atoms with Gasteiger partial charge in [-0.2, -0.15) is 0 Å². The summed E-state index contributed by atoms with van der Waals surface area (Å²) in [5.41, 5.74) is 2.65. The summed E-state index contributed by atoms with van der Waals surface area (Å²) in [5.74, 6) is 0. The number of aliphatic hydroxyl groups excluding tert-OH is 1. The van der Waals surface area contributed by atoms with Crippen LogP contribution in [0.3, 0.4) is 0 Å². The van der Waals surface area contributed by atoms with Gasteiger partial charge in [0.2, 0.25) is 0 Å². The lowest BCUT2D eigenvalue weighted by Gasteiger charge is -2.36. The molecule has 3 rings (SSSR count). The molecule has 1 unspecified atom stereocenters. The van der Waals surface area contributed by atoms with E-state index >= 15 is 0 Å². The molecule has 0 saturated carbocycles. The Kier molecular flexibility index (Phi) is 6.21. The molecular weight excluding hydrogens is 320 g/mol. The molecule has 134 valence electrons. The first-order valence-electron chi connectivity index (χ1n) is 9.22. The quantitative estimate of drug-likeness (QED) is 0.451. The molecule has 0 aromatic heterocycles. The van der Waals surface area contributed by atoms with Gasteiger partial charge in [0.05, 0.1) is 6.10 Å². The van der Waals surface area contributed by atoms with E-state index in [1.54, 1.807) is 0 Å². The van der Waals surface area contributed by atoms with Crippen molar-refractivity contribution in [3.05, 3.63) is 108 Å². The molecular formula is C24H26O2. The molecule has 1 N–H and O–H groups in total. The SMILES string of the molecule is CC(O)CCCOC(c1ccccc1)(c1ccccc1)c1ccccc1. The fourth-order valence-corrected chi connectivity index (χ4v) is 3.37. The van der Waals surface area contributed by atoms with Crippen LogP contribution in [0.15, 0.2) is 91.0 Å². The summed E-state index contributed by atoms with van der Waals surface area (Å²) in [7, 11) is 0. The molecule has 3 aromatic carbocycles. The van der Waals surface area contributed by atoms with Crippen molar-refractivity contribution in [1.29, 1.82) is 0 Å². The van der Waals surface area contributed by atoms with Crippen LogP contribution >= 0.6 is 0 Å². The Morgan fingerprint density at radius 3 is 1.46 bits per heavy atom. The first kappa shape index (κ1) is 18.4. The molecule has 26 heavy (non-hydrogen) atoms. The summed E-state index contributed by atoms with van der Waals surface area (Å²) in [6, 6.07) is 31.1. The minimum Gasteiger partial charge on any atom is -0.393 e. The molecule has 0 amide bonds. The zero-order chi connectivity index (χ0) is 18.2. The first-order valence-corrected chi connectivity index (χ1v) is 9.22. The molecule has 0 saturated heterocycles. The first-order chi connectivity index (χ1) is 12.7. The fraction of sp³-hybridized carbons (Fsp3) is 0.250. The predicted molar refractivity (Wildman–Crippen MR) is 106 cm³/mol. The van der Waals surface area contributed by atoms with Crippen molar-refractivity contribution in [2.24, 2.45) is 0 Å². The molecule has 0 spiro atoms. The molecule has 3 aromatic rings. The van der Waals surface area contributed by atoms with Crippen molar-refractivity contribution in [2.75, 3.05) is 6.61 Å². The van der Waals surface area contributed by atoms with E-state index < -0.39 is 5.60 Å². The lowest BCUT2D eigenvalue weighted by Crippen LogP contribution is -2.33. The number of benzene rings is 3. The van der Waals surface area contributed by atoms with Crippen LogP contribution < -0.4 is 0 Å². The molecule has 0 fully saturated rings. The van der Waals surface area contributed by atoms with Crippen molar-refractivity contribution in [1.82, 2.24) is 0 Å². The highest BCUT2D eigenvalue weighted by Gasteiger charge is 2.37. The normalized spacial score (nSPS) is 12.7. The van der Waals surface area contributed by atoms with E-state index in [9.17, 15) is 5.11 Å². The van der Waals surface area contributed by atoms with Crippen LogP contribution in [0.1, 0.15) is 36.5 Å². The summed E-state index contributed by atoms with van der Waals surface area (Å²) >= 11 is 0. The second kappa shape index (κ2) is 8.79. The summed E-state index contributed by atoms with van der Waals surface area (Å²) < 4.78 is 6.63. The Morgan fingerprint density at radius 2 is 1.12 bits per heavy atom. The molecule has 0 aliphatic carbocycles. The monoisotopic (exact) mass is 346 g/mol. The zero-order valence-corrected chi connectivity index (χ0v) is 15.2. The average molecular weight is 346 g/mol. The van der Waals surface area contributed by atoms with E-state index in [1.807, 2.05) is 25.1 Å².